The van der Waals surface area contributed by atoms with E-state index in [1.807, 2.05) is 4.90 Å². The predicted molar refractivity (Wildman–Crippen MR) is 107 cm³/mol. The predicted octanol–water partition coefficient (Wildman–Crippen LogP) is 1.90. The molecule has 1 aromatic heterocycles. The number of esters is 1. The van der Waals surface area contributed by atoms with Crippen LogP contribution in [0.4, 0.5) is 10.1 Å². The van der Waals surface area contributed by atoms with Crippen LogP contribution in [0.5, 0.6) is 0 Å². The maximum atomic E-state index is 13.9. The third-order valence-electron chi connectivity index (χ3n) is 4.61. The number of halogens is 1. The number of rotatable bonds is 6. The summed E-state index contributed by atoms with van der Waals surface area (Å²) in [5.74, 6) is -1.64. The number of amides is 2. The van der Waals surface area contributed by atoms with Crippen molar-refractivity contribution < 1.29 is 23.5 Å². The van der Waals surface area contributed by atoms with Crippen LogP contribution in [0.15, 0.2) is 41.8 Å². The molecule has 29 heavy (non-hydrogen) atoms. The topological polar surface area (TPSA) is 78.9 Å². The van der Waals surface area contributed by atoms with Crippen LogP contribution in [0.3, 0.4) is 0 Å². The maximum absolute atomic E-state index is 13.9. The number of thiophene rings is 1. The molecule has 0 saturated carbocycles. The molecule has 154 valence electrons. The lowest BCUT2D eigenvalue weighted by Gasteiger charge is -2.36. The summed E-state index contributed by atoms with van der Waals surface area (Å²) in [6, 6.07) is 9.06. The van der Waals surface area contributed by atoms with E-state index in [1.165, 1.54) is 24.3 Å². The molecule has 1 aliphatic rings. The summed E-state index contributed by atoms with van der Waals surface area (Å²) >= 11 is 1.27. The largest absolute Gasteiger partial charge is 0.454 e. The number of nitrogens with one attached hydrogen (secondary N) is 1. The van der Waals surface area contributed by atoms with Crippen LogP contribution in [-0.2, 0) is 14.3 Å². The first-order chi connectivity index (χ1) is 14.0. The lowest BCUT2D eigenvalue weighted by Crippen LogP contribution is -2.50. The molecule has 0 spiro atoms. The number of nitrogens with zero attached hydrogens (tertiary/aromatic N) is 2. The van der Waals surface area contributed by atoms with Crippen LogP contribution in [-0.4, -0.2) is 61.5 Å². The van der Waals surface area contributed by atoms with Crippen LogP contribution < -0.4 is 10.2 Å². The van der Waals surface area contributed by atoms with E-state index in [-0.39, 0.29) is 17.6 Å². The Kier molecular flexibility index (Phi) is 6.82. The first-order valence-corrected chi connectivity index (χ1v) is 10.1. The van der Waals surface area contributed by atoms with Gasteiger partial charge in [-0.15, -0.1) is 11.3 Å². The van der Waals surface area contributed by atoms with Crippen LogP contribution in [0.2, 0.25) is 0 Å². The number of carbonyl (C=O) groups excluding carboxylic acids is 3. The minimum absolute atomic E-state index is 0.292. The van der Waals surface area contributed by atoms with Crippen molar-refractivity contribution in [2.24, 2.45) is 0 Å². The number of ether oxygens (including phenoxy) is 1. The Bertz CT molecular complexity index is 866. The van der Waals surface area contributed by atoms with Gasteiger partial charge in [0.25, 0.3) is 11.8 Å². The fourth-order valence-corrected chi connectivity index (χ4v) is 3.62. The van der Waals surface area contributed by atoms with Crippen LogP contribution in [0.1, 0.15) is 16.6 Å². The molecule has 7 nitrogen and oxygen atoms in total. The quantitative estimate of drug-likeness (QED) is 0.724. The Morgan fingerprint density at radius 3 is 2.52 bits per heavy atom. The Balaban J connectivity index is 1.42. The van der Waals surface area contributed by atoms with Crippen LogP contribution in [0.25, 0.3) is 0 Å². The van der Waals surface area contributed by atoms with Gasteiger partial charge in [0.1, 0.15) is 11.9 Å². The highest BCUT2D eigenvalue weighted by molar-refractivity contribution is 7.12. The van der Waals surface area contributed by atoms with Crippen molar-refractivity contribution in [1.29, 1.82) is 0 Å². The lowest BCUT2D eigenvalue weighted by molar-refractivity contribution is -0.153. The fourth-order valence-electron chi connectivity index (χ4n) is 2.99. The Hall–Kier alpha value is -2.94. The zero-order valence-electron chi connectivity index (χ0n) is 16.0. The molecule has 2 aromatic rings. The summed E-state index contributed by atoms with van der Waals surface area (Å²) < 4.78 is 18.9. The molecule has 1 aromatic carbocycles. The first kappa shape index (κ1) is 20.8. The first-order valence-electron chi connectivity index (χ1n) is 9.24. The second-order valence-corrected chi connectivity index (χ2v) is 7.55. The minimum Gasteiger partial charge on any atom is -0.454 e. The van der Waals surface area contributed by atoms with Gasteiger partial charge in [0.05, 0.1) is 10.6 Å². The van der Waals surface area contributed by atoms with Gasteiger partial charge >= 0.3 is 5.97 Å². The van der Waals surface area contributed by atoms with Crippen molar-refractivity contribution in [1.82, 2.24) is 10.2 Å². The standard InChI is InChI=1S/C20H22FN3O4S/c1-14(22-19(26)17-7-4-12-29-17)20(27)28-13-18(25)24-10-8-23(9-11-24)16-6-3-2-5-15(16)21/h2-7,12,14H,8-11,13H2,1H3,(H,22,26). The van der Waals surface area contributed by atoms with E-state index >= 15 is 0 Å². The molecule has 2 heterocycles. The molecule has 2 amide bonds. The van der Waals surface area contributed by atoms with Gasteiger partial charge in [0.2, 0.25) is 0 Å². The number of benzene rings is 1. The van der Waals surface area contributed by atoms with Gasteiger partial charge in [-0.05, 0) is 30.5 Å². The molecule has 1 saturated heterocycles. The van der Waals surface area contributed by atoms with Crippen molar-refractivity contribution >= 4 is 34.8 Å². The molecular weight excluding hydrogens is 397 g/mol. The number of para-hydroxylation sites is 1. The van der Waals surface area contributed by atoms with Gasteiger partial charge < -0.3 is 19.9 Å². The molecule has 0 bridgehead atoms. The molecule has 1 atom stereocenters. The summed E-state index contributed by atoms with van der Waals surface area (Å²) in [6.07, 6.45) is 0. The monoisotopic (exact) mass is 419 g/mol. The summed E-state index contributed by atoms with van der Waals surface area (Å²) in [5.41, 5.74) is 0.515. The molecule has 1 unspecified atom stereocenters. The zero-order chi connectivity index (χ0) is 20.8. The molecule has 0 radical (unpaired) electrons. The average molecular weight is 419 g/mol. The minimum atomic E-state index is -0.865. The Morgan fingerprint density at radius 2 is 1.86 bits per heavy atom. The molecule has 9 heteroatoms. The zero-order valence-corrected chi connectivity index (χ0v) is 16.8. The molecular formula is C20H22FN3O4S. The van der Waals surface area contributed by atoms with Crippen molar-refractivity contribution in [3.63, 3.8) is 0 Å². The third kappa shape index (κ3) is 5.32. The second kappa shape index (κ2) is 9.51. The van der Waals surface area contributed by atoms with E-state index in [2.05, 4.69) is 5.32 Å². The summed E-state index contributed by atoms with van der Waals surface area (Å²) in [6.45, 7) is 2.93. The van der Waals surface area contributed by atoms with E-state index in [0.29, 0.717) is 36.7 Å². The normalized spacial score (nSPS) is 15.0. The average Bonchev–Trinajstić information content (AvgIpc) is 3.27. The summed E-state index contributed by atoms with van der Waals surface area (Å²) in [4.78, 5) is 40.3. The third-order valence-corrected chi connectivity index (χ3v) is 5.48. The maximum Gasteiger partial charge on any atom is 0.328 e. The number of anilines is 1. The molecule has 1 fully saturated rings. The van der Waals surface area contributed by atoms with E-state index in [0.717, 1.165) is 0 Å². The van der Waals surface area contributed by atoms with E-state index in [1.54, 1.807) is 40.6 Å². The van der Waals surface area contributed by atoms with Crippen molar-refractivity contribution in [2.45, 2.75) is 13.0 Å². The Labute approximate surface area is 172 Å². The van der Waals surface area contributed by atoms with E-state index in [9.17, 15) is 18.8 Å². The van der Waals surface area contributed by atoms with Gasteiger partial charge in [-0.25, -0.2) is 9.18 Å². The van der Waals surface area contributed by atoms with Gasteiger partial charge in [-0.1, -0.05) is 18.2 Å². The Morgan fingerprint density at radius 1 is 1.14 bits per heavy atom. The summed E-state index contributed by atoms with van der Waals surface area (Å²) in [5, 5.41) is 4.31. The van der Waals surface area contributed by atoms with Gasteiger partial charge in [0, 0.05) is 26.2 Å². The molecule has 1 aliphatic heterocycles. The van der Waals surface area contributed by atoms with E-state index < -0.39 is 18.6 Å². The van der Waals surface area contributed by atoms with Crippen LogP contribution in [0, 0.1) is 5.82 Å². The number of hydrogen-bond donors (Lipinski definition) is 1. The van der Waals surface area contributed by atoms with Crippen molar-refractivity contribution in [3.05, 3.63) is 52.5 Å². The fraction of sp³-hybridized carbons (Fsp3) is 0.350. The number of piperazine rings is 1. The molecule has 0 aliphatic carbocycles. The number of carbonyl (C=O) groups is 3. The summed E-state index contributed by atoms with van der Waals surface area (Å²) in [7, 11) is 0. The van der Waals surface area contributed by atoms with Gasteiger partial charge in [-0.2, -0.15) is 0 Å². The molecule has 1 N–H and O–H groups in total. The van der Waals surface area contributed by atoms with Gasteiger partial charge in [-0.3, -0.25) is 9.59 Å². The van der Waals surface area contributed by atoms with Crippen LogP contribution >= 0.6 is 11.3 Å². The molecule has 3 rings (SSSR count). The van der Waals surface area contributed by atoms with Gasteiger partial charge in [0.15, 0.2) is 6.61 Å². The smallest absolute Gasteiger partial charge is 0.328 e. The highest BCUT2D eigenvalue weighted by atomic mass is 32.1. The lowest BCUT2D eigenvalue weighted by atomic mass is 10.2. The highest BCUT2D eigenvalue weighted by Crippen LogP contribution is 2.20. The number of hydrogen-bond acceptors (Lipinski definition) is 6. The van der Waals surface area contributed by atoms with E-state index in [4.69, 9.17) is 4.74 Å². The van der Waals surface area contributed by atoms with Crippen molar-refractivity contribution in [3.8, 4) is 0 Å². The highest BCUT2D eigenvalue weighted by Gasteiger charge is 2.25. The van der Waals surface area contributed by atoms with Crippen molar-refractivity contribution in [2.75, 3.05) is 37.7 Å². The second-order valence-electron chi connectivity index (χ2n) is 6.60. The SMILES string of the molecule is CC(NC(=O)c1cccs1)C(=O)OCC(=O)N1CCN(c2ccccc2F)CC1.